The maximum Gasteiger partial charge on any atom is 0.0257 e. The van der Waals surface area contributed by atoms with Gasteiger partial charge in [-0.1, -0.05) is 47.4 Å². The molecule has 8 bridgehead atoms. The molecule has 2 atom stereocenters. The second-order valence-electron chi connectivity index (χ2n) is 20.1. The van der Waals surface area contributed by atoms with Crippen LogP contribution < -0.4 is 0 Å². The van der Waals surface area contributed by atoms with Gasteiger partial charge in [0, 0.05) is 44.5 Å². The summed E-state index contributed by atoms with van der Waals surface area (Å²) in [7, 11) is 0. The second-order valence-corrected chi connectivity index (χ2v) is 20.1. The molecule has 0 N–H and O–H groups in total. The highest BCUT2D eigenvalue weighted by molar-refractivity contribution is 5.57. The van der Waals surface area contributed by atoms with E-state index in [1.807, 2.05) is 24.3 Å². The lowest BCUT2D eigenvalue weighted by molar-refractivity contribution is -0.225. The van der Waals surface area contributed by atoms with Crippen LogP contribution in [0.4, 0.5) is 0 Å². The topological polar surface area (TPSA) is 0 Å². The van der Waals surface area contributed by atoms with Crippen molar-refractivity contribution in [2.75, 3.05) is 0 Å². The minimum atomic E-state index is -0.283. The summed E-state index contributed by atoms with van der Waals surface area (Å²) in [5.41, 5.74) is 10.7. The van der Waals surface area contributed by atoms with E-state index in [4.69, 9.17) is 51.4 Å². The summed E-state index contributed by atoms with van der Waals surface area (Å²) in [5, 5.41) is 0. The van der Waals surface area contributed by atoms with Gasteiger partial charge < -0.3 is 0 Å². The molecule has 8 aliphatic rings. The molecule has 286 valence electrons. The Labute approximate surface area is 358 Å². The van der Waals surface area contributed by atoms with Gasteiger partial charge in [-0.2, -0.15) is 0 Å². The molecule has 0 spiro atoms. The minimum absolute atomic E-state index is 0.0144. The molecule has 8 aliphatic carbocycles. The normalized spacial score (nSPS) is 33.5. The monoisotopic (exact) mass is 766 g/mol. The number of rotatable bonds is 5. The fourth-order valence-electron chi connectivity index (χ4n) is 15.7. The van der Waals surface area contributed by atoms with E-state index in [2.05, 4.69) is 95.9 Å². The maximum atomic E-state index is 6.22. The molecule has 0 nitrogen and oxygen atoms in total. The first kappa shape index (κ1) is 37.6. The highest BCUT2D eigenvalue weighted by Gasteiger charge is 2.76. The van der Waals surface area contributed by atoms with Gasteiger partial charge in [0.25, 0.3) is 0 Å². The van der Waals surface area contributed by atoms with E-state index in [1.54, 1.807) is 0 Å². The van der Waals surface area contributed by atoms with Crippen LogP contribution in [0.1, 0.15) is 144 Å². The van der Waals surface area contributed by atoms with Crippen molar-refractivity contribution in [2.24, 2.45) is 22.7 Å². The van der Waals surface area contributed by atoms with Crippen molar-refractivity contribution in [3.05, 3.63) is 140 Å². The van der Waals surface area contributed by atoms with E-state index in [-0.39, 0.29) is 32.5 Å². The van der Waals surface area contributed by atoms with Crippen LogP contribution in [0.5, 0.6) is 0 Å². The Balaban J connectivity index is 1.28. The van der Waals surface area contributed by atoms with Crippen LogP contribution in [-0.4, -0.2) is 0 Å². The van der Waals surface area contributed by atoms with Crippen LogP contribution in [0.2, 0.25) is 0 Å². The van der Waals surface area contributed by atoms with Crippen molar-refractivity contribution in [3.63, 3.8) is 0 Å². The lowest BCUT2D eigenvalue weighted by atomic mass is 9.26. The van der Waals surface area contributed by atoms with Gasteiger partial charge in [-0.15, -0.1) is 51.4 Å². The molecule has 8 saturated carbocycles. The Hall–Kier alpha value is -6.64. The smallest absolute Gasteiger partial charge is 0.0257 e. The molecule has 60 heavy (non-hydrogen) atoms. The molecular formula is C60H46. The van der Waals surface area contributed by atoms with Crippen molar-refractivity contribution in [2.45, 2.75) is 98.7 Å². The summed E-state index contributed by atoms with van der Waals surface area (Å²) >= 11 is 0. The maximum absolute atomic E-state index is 6.22. The summed E-state index contributed by atoms with van der Waals surface area (Å²) in [5.74, 6) is 24.9. The summed E-state index contributed by atoms with van der Waals surface area (Å²) in [6, 6.07) is 26.0. The Bertz CT molecular complexity index is 2550. The molecule has 4 aromatic rings. The van der Waals surface area contributed by atoms with Gasteiger partial charge in [0.1, 0.15) is 0 Å². The fourth-order valence-corrected chi connectivity index (χ4v) is 15.7. The van der Waals surface area contributed by atoms with Crippen LogP contribution >= 0.6 is 0 Å². The lowest BCUT2D eigenvalue weighted by Gasteiger charge is -2.78. The first-order valence-electron chi connectivity index (χ1n) is 21.3. The summed E-state index contributed by atoms with van der Waals surface area (Å²) in [6.07, 6.45) is 62.6. The molecule has 0 heterocycles. The molecular weight excluding hydrogens is 721 g/mol. The number of benzene rings is 4. The second kappa shape index (κ2) is 12.9. The predicted molar refractivity (Wildman–Crippen MR) is 243 cm³/mol. The summed E-state index contributed by atoms with van der Waals surface area (Å²) in [6.45, 7) is 0. The van der Waals surface area contributed by atoms with E-state index < -0.39 is 0 Å². The summed E-state index contributed by atoms with van der Waals surface area (Å²) < 4.78 is 0. The average Bonchev–Trinajstić information content (AvgIpc) is 3.27. The van der Waals surface area contributed by atoms with Crippen molar-refractivity contribution in [1.82, 2.24) is 0 Å². The zero-order valence-electron chi connectivity index (χ0n) is 34.2. The van der Waals surface area contributed by atoms with Crippen molar-refractivity contribution in [3.8, 4) is 98.8 Å². The Kier molecular flexibility index (Phi) is 8.11. The van der Waals surface area contributed by atoms with E-state index >= 15 is 0 Å². The van der Waals surface area contributed by atoms with E-state index in [0.717, 1.165) is 89.5 Å². The zero-order valence-corrected chi connectivity index (χ0v) is 34.2. The van der Waals surface area contributed by atoms with E-state index in [9.17, 15) is 0 Å². The molecule has 4 aromatic carbocycles. The number of terminal acetylenes is 8. The number of hydrogen-bond acceptors (Lipinski definition) is 0. The third-order valence-corrected chi connectivity index (χ3v) is 16.8. The highest BCUT2D eigenvalue weighted by Crippen LogP contribution is 2.83. The predicted octanol–water partition coefficient (Wildman–Crippen LogP) is 10.6. The third kappa shape index (κ3) is 5.33. The van der Waals surface area contributed by atoms with Crippen LogP contribution in [0.3, 0.4) is 0 Å². The zero-order chi connectivity index (χ0) is 41.7. The van der Waals surface area contributed by atoms with Crippen LogP contribution in [0.25, 0.3) is 0 Å². The van der Waals surface area contributed by atoms with E-state index in [0.29, 0.717) is 11.8 Å². The molecule has 8 fully saturated rings. The largest absolute Gasteiger partial charge is 0.115 e. The first-order chi connectivity index (χ1) is 28.9. The van der Waals surface area contributed by atoms with E-state index in [1.165, 1.54) is 54.4 Å². The molecule has 0 heteroatoms. The van der Waals surface area contributed by atoms with Gasteiger partial charge in [-0.3, -0.25) is 0 Å². The van der Waals surface area contributed by atoms with Gasteiger partial charge in [-0.25, -0.2) is 0 Å². The Morgan fingerprint density at radius 3 is 0.817 bits per heavy atom. The standard InChI is InChI=1S/C60H46/c1-9-41-17-42(10-2)23-51(22-41)55-30-49-21-50(31-55)33-59(32-49,37-55)60-38-56(52-24-43(11-3)18-44(12-4)25-52)34-57(39-60,53-26-45(13-5)19-46(14-6)27-53)36-58(35-56,40-60)54-28-47(15-7)20-48(16-8)29-54/h1-8,17-20,22-29,49-50H,21,30-40H2. The van der Waals surface area contributed by atoms with Gasteiger partial charge in [0.05, 0.1) is 0 Å². The molecule has 0 radical (unpaired) electrons. The molecule has 0 saturated heterocycles. The quantitative estimate of drug-likeness (QED) is 0.178. The first-order valence-corrected chi connectivity index (χ1v) is 21.3. The molecule has 12 rings (SSSR count). The van der Waals surface area contributed by atoms with Crippen LogP contribution in [0.15, 0.2) is 72.8 Å². The molecule has 2 unspecified atom stereocenters. The van der Waals surface area contributed by atoms with Gasteiger partial charge in [0.15, 0.2) is 0 Å². The fraction of sp³-hybridized carbons (Fsp3) is 0.333. The summed E-state index contributed by atoms with van der Waals surface area (Å²) in [4.78, 5) is 0. The third-order valence-electron chi connectivity index (χ3n) is 16.8. The Morgan fingerprint density at radius 1 is 0.300 bits per heavy atom. The molecule has 0 amide bonds. The average molecular weight is 767 g/mol. The van der Waals surface area contributed by atoms with Crippen molar-refractivity contribution in [1.29, 1.82) is 0 Å². The van der Waals surface area contributed by atoms with Gasteiger partial charge in [-0.05, 0) is 216 Å². The lowest BCUT2D eigenvalue weighted by Crippen LogP contribution is -2.72. The molecule has 0 aromatic heterocycles. The minimum Gasteiger partial charge on any atom is -0.115 e. The highest BCUT2D eigenvalue weighted by atomic mass is 14.8. The molecule has 0 aliphatic heterocycles. The van der Waals surface area contributed by atoms with Gasteiger partial charge in [0.2, 0.25) is 0 Å². The Morgan fingerprint density at radius 2 is 0.550 bits per heavy atom. The van der Waals surface area contributed by atoms with Crippen LogP contribution in [-0.2, 0) is 21.7 Å². The SMILES string of the molecule is C#Cc1cc(C#C)cc(C23CC4CC(C2)CC(C25CC6(c7cc(C#C)cc(C#C)c7)CC(c7cc(C#C)cc(C#C)c7)(CC(c7cc(C#C)cc(C#C)c7)(C6)C2)C5)(C4)C3)c1. The number of hydrogen-bond donors (Lipinski definition) is 0. The van der Waals surface area contributed by atoms with Crippen molar-refractivity contribution >= 4 is 0 Å². The van der Waals surface area contributed by atoms with Crippen molar-refractivity contribution < 1.29 is 0 Å². The van der Waals surface area contributed by atoms with Crippen LogP contribution in [0, 0.1) is 121 Å². The van der Waals surface area contributed by atoms with Gasteiger partial charge >= 0.3 is 0 Å².